The Kier molecular flexibility index (Phi) is 4.50. The van der Waals surface area contributed by atoms with E-state index in [1.165, 1.54) is 0 Å². The molecule has 0 aliphatic carbocycles. The maximum absolute atomic E-state index is 12.0. The number of hydrogen-bond donors (Lipinski definition) is 1. The Morgan fingerprint density at radius 3 is 2.69 bits per heavy atom. The van der Waals surface area contributed by atoms with Gasteiger partial charge in [-0.25, -0.2) is 4.98 Å². The average molecular weight is 350 g/mol. The van der Waals surface area contributed by atoms with Gasteiger partial charge in [0.05, 0.1) is 0 Å². The first-order valence-corrected chi connectivity index (χ1v) is 6.62. The number of carbonyl (C=O) groups excluding carboxylic acids is 1. The van der Waals surface area contributed by atoms with Crippen molar-refractivity contribution in [3.63, 3.8) is 0 Å². The number of carbonyl (C=O) groups is 1. The standard InChI is InChI=1S/C11H14Br2N2O/c1-7(12)11(2,3)15-10(16)9-8(13)5-4-6-14-9/h4-7H,1-3H3,(H,15,16). The highest BCUT2D eigenvalue weighted by Crippen LogP contribution is 2.19. The van der Waals surface area contributed by atoms with Gasteiger partial charge in [0.15, 0.2) is 0 Å². The summed E-state index contributed by atoms with van der Waals surface area (Å²) in [6.45, 7) is 5.91. The Hall–Kier alpha value is -0.420. The van der Waals surface area contributed by atoms with Crippen molar-refractivity contribution >= 4 is 37.8 Å². The Morgan fingerprint density at radius 2 is 2.19 bits per heavy atom. The summed E-state index contributed by atoms with van der Waals surface area (Å²) in [4.78, 5) is 16.2. The highest BCUT2D eigenvalue weighted by Gasteiger charge is 2.27. The zero-order valence-electron chi connectivity index (χ0n) is 9.42. The molecule has 1 heterocycles. The molecule has 88 valence electrons. The lowest BCUT2D eigenvalue weighted by Crippen LogP contribution is -2.49. The van der Waals surface area contributed by atoms with Crippen LogP contribution in [-0.2, 0) is 0 Å². The molecule has 0 bridgehead atoms. The second-order valence-electron chi connectivity index (χ2n) is 4.13. The lowest BCUT2D eigenvalue weighted by Gasteiger charge is -2.29. The Morgan fingerprint density at radius 1 is 1.56 bits per heavy atom. The van der Waals surface area contributed by atoms with Crippen LogP contribution >= 0.6 is 31.9 Å². The summed E-state index contributed by atoms with van der Waals surface area (Å²) in [5.41, 5.74) is 0.0809. The van der Waals surface area contributed by atoms with Crippen molar-refractivity contribution in [2.45, 2.75) is 31.1 Å². The van der Waals surface area contributed by atoms with E-state index >= 15 is 0 Å². The van der Waals surface area contributed by atoms with Gasteiger partial charge in [0.1, 0.15) is 5.69 Å². The van der Waals surface area contributed by atoms with Gasteiger partial charge in [0, 0.05) is 21.0 Å². The number of halogens is 2. The minimum Gasteiger partial charge on any atom is -0.345 e. The van der Waals surface area contributed by atoms with Gasteiger partial charge in [0.2, 0.25) is 0 Å². The molecule has 0 saturated carbocycles. The van der Waals surface area contributed by atoms with E-state index in [0.29, 0.717) is 10.2 Å². The van der Waals surface area contributed by atoms with Gasteiger partial charge >= 0.3 is 0 Å². The fraction of sp³-hybridized carbons (Fsp3) is 0.455. The molecule has 1 amide bonds. The molecular formula is C11H14Br2N2O. The molecule has 3 nitrogen and oxygen atoms in total. The molecular weight excluding hydrogens is 336 g/mol. The van der Waals surface area contributed by atoms with E-state index in [2.05, 4.69) is 42.2 Å². The van der Waals surface area contributed by atoms with Crippen LogP contribution in [0, 0.1) is 0 Å². The lowest BCUT2D eigenvalue weighted by molar-refractivity contribution is 0.0908. The normalized spacial score (nSPS) is 13.3. The van der Waals surface area contributed by atoms with Gasteiger partial charge in [-0.2, -0.15) is 0 Å². The van der Waals surface area contributed by atoms with Crippen molar-refractivity contribution in [3.05, 3.63) is 28.5 Å². The molecule has 1 aromatic rings. The predicted octanol–water partition coefficient (Wildman–Crippen LogP) is 3.14. The summed E-state index contributed by atoms with van der Waals surface area (Å²) in [5.74, 6) is -0.177. The summed E-state index contributed by atoms with van der Waals surface area (Å²) in [5, 5.41) is 2.93. The van der Waals surface area contributed by atoms with E-state index in [1.807, 2.05) is 20.8 Å². The predicted molar refractivity (Wildman–Crippen MR) is 71.9 cm³/mol. The molecule has 1 N–H and O–H groups in total. The molecule has 0 fully saturated rings. The molecule has 0 aromatic carbocycles. The van der Waals surface area contributed by atoms with E-state index in [4.69, 9.17) is 0 Å². The molecule has 16 heavy (non-hydrogen) atoms. The van der Waals surface area contributed by atoms with Crippen molar-refractivity contribution in [2.75, 3.05) is 0 Å². The zero-order chi connectivity index (χ0) is 12.3. The third-order valence-electron chi connectivity index (χ3n) is 2.40. The number of aromatic nitrogens is 1. The average Bonchev–Trinajstić information content (AvgIpc) is 2.17. The summed E-state index contributed by atoms with van der Waals surface area (Å²) in [6.07, 6.45) is 1.60. The van der Waals surface area contributed by atoms with Crippen molar-refractivity contribution < 1.29 is 4.79 Å². The number of hydrogen-bond acceptors (Lipinski definition) is 2. The minimum atomic E-state index is -0.325. The maximum atomic E-state index is 12.0. The minimum absolute atomic E-state index is 0.173. The Labute approximate surface area is 112 Å². The van der Waals surface area contributed by atoms with Crippen LogP contribution in [0.5, 0.6) is 0 Å². The van der Waals surface area contributed by atoms with Crippen LogP contribution < -0.4 is 5.32 Å². The summed E-state index contributed by atoms with van der Waals surface area (Å²) >= 11 is 6.78. The van der Waals surface area contributed by atoms with Crippen LogP contribution in [-0.4, -0.2) is 21.3 Å². The monoisotopic (exact) mass is 348 g/mol. The van der Waals surface area contributed by atoms with Gasteiger partial charge in [-0.15, -0.1) is 0 Å². The lowest BCUT2D eigenvalue weighted by atomic mass is 10.0. The maximum Gasteiger partial charge on any atom is 0.271 e. The van der Waals surface area contributed by atoms with E-state index in [9.17, 15) is 4.79 Å². The molecule has 0 saturated heterocycles. The molecule has 0 aliphatic heterocycles. The number of rotatable bonds is 3. The smallest absolute Gasteiger partial charge is 0.271 e. The molecule has 1 unspecified atom stereocenters. The van der Waals surface area contributed by atoms with Gasteiger partial charge in [0.25, 0.3) is 5.91 Å². The number of nitrogens with zero attached hydrogens (tertiary/aromatic N) is 1. The molecule has 0 radical (unpaired) electrons. The third kappa shape index (κ3) is 3.28. The number of nitrogens with one attached hydrogen (secondary N) is 1. The highest BCUT2D eigenvalue weighted by atomic mass is 79.9. The van der Waals surface area contributed by atoms with Crippen molar-refractivity contribution in [2.24, 2.45) is 0 Å². The quantitative estimate of drug-likeness (QED) is 0.852. The molecule has 0 spiro atoms. The fourth-order valence-corrected chi connectivity index (χ4v) is 1.55. The molecule has 1 aromatic heterocycles. The van der Waals surface area contributed by atoms with E-state index in [1.54, 1.807) is 18.3 Å². The number of alkyl halides is 1. The third-order valence-corrected chi connectivity index (χ3v) is 4.19. The van der Waals surface area contributed by atoms with Gasteiger partial charge in [-0.1, -0.05) is 22.9 Å². The van der Waals surface area contributed by atoms with Gasteiger partial charge in [-0.05, 0) is 41.9 Å². The Bertz CT molecular complexity index is 391. The Balaban J connectivity index is 2.85. The van der Waals surface area contributed by atoms with Crippen LogP contribution in [0.2, 0.25) is 0 Å². The number of amides is 1. The van der Waals surface area contributed by atoms with Crippen LogP contribution in [0.1, 0.15) is 31.3 Å². The first-order chi connectivity index (χ1) is 7.34. The van der Waals surface area contributed by atoms with Crippen LogP contribution in [0.4, 0.5) is 0 Å². The number of pyridine rings is 1. The van der Waals surface area contributed by atoms with Crippen molar-refractivity contribution in [1.29, 1.82) is 0 Å². The topological polar surface area (TPSA) is 42.0 Å². The zero-order valence-corrected chi connectivity index (χ0v) is 12.6. The van der Waals surface area contributed by atoms with Crippen LogP contribution in [0.25, 0.3) is 0 Å². The molecule has 1 rings (SSSR count). The second kappa shape index (κ2) is 5.27. The summed E-state index contributed by atoms with van der Waals surface area (Å²) < 4.78 is 0.700. The largest absolute Gasteiger partial charge is 0.345 e. The van der Waals surface area contributed by atoms with Gasteiger partial charge in [-0.3, -0.25) is 4.79 Å². The van der Waals surface area contributed by atoms with Crippen molar-refractivity contribution in [1.82, 2.24) is 10.3 Å². The first kappa shape index (κ1) is 13.6. The summed E-state index contributed by atoms with van der Waals surface area (Å²) in [7, 11) is 0. The molecule has 0 aliphatic rings. The van der Waals surface area contributed by atoms with E-state index in [-0.39, 0.29) is 16.3 Å². The summed E-state index contributed by atoms with van der Waals surface area (Å²) in [6, 6.07) is 3.57. The second-order valence-corrected chi connectivity index (χ2v) is 6.35. The SMILES string of the molecule is CC(Br)C(C)(C)NC(=O)c1ncccc1Br. The molecule has 5 heteroatoms. The van der Waals surface area contributed by atoms with E-state index in [0.717, 1.165) is 0 Å². The van der Waals surface area contributed by atoms with E-state index < -0.39 is 0 Å². The van der Waals surface area contributed by atoms with Crippen LogP contribution in [0.15, 0.2) is 22.8 Å². The highest BCUT2D eigenvalue weighted by molar-refractivity contribution is 9.10. The van der Waals surface area contributed by atoms with Gasteiger partial charge < -0.3 is 5.32 Å². The fourth-order valence-electron chi connectivity index (χ4n) is 1.00. The van der Waals surface area contributed by atoms with Crippen molar-refractivity contribution in [3.8, 4) is 0 Å². The van der Waals surface area contributed by atoms with Crippen LogP contribution in [0.3, 0.4) is 0 Å². The molecule has 1 atom stereocenters. The first-order valence-electron chi connectivity index (χ1n) is 4.91.